The predicted octanol–water partition coefficient (Wildman–Crippen LogP) is 5.89. The third kappa shape index (κ3) is 5.31. The fourth-order valence-electron chi connectivity index (χ4n) is 2.77. The molecule has 0 atom stereocenters. The van der Waals surface area contributed by atoms with Crippen molar-refractivity contribution in [2.24, 2.45) is 0 Å². The third-order valence-corrected chi connectivity index (χ3v) is 4.73. The van der Waals surface area contributed by atoms with Crippen molar-refractivity contribution in [3.63, 3.8) is 0 Å². The van der Waals surface area contributed by atoms with Crippen LogP contribution in [0.15, 0.2) is 41.2 Å². The Hall–Kier alpha value is -2.50. The second-order valence-electron chi connectivity index (χ2n) is 6.41. The highest BCUT2D eigenvalue weighted by Crippen LogP contribution is 2.31. The van der Waals surface area contributed by atoms with Crippen molar-refractivity contribution in [2.45, 2.75) is 26.7 Å². The minimum absolute atomic E-state index is 0.271. The van der Waals surface area contributed by atoms with Gasteiger partial charge in [-0.15, -0.1) is 0 Å². The van der Waals surface area contributed by atoms with Crippen molar-refractivity contribution in [3.05, 3.63) is 63.2 Å². The van der Waals surface area contributed by atoms with Gasteiger partial charge in [0.05, 0.1) is 29.1 Å². The van der Waals surface area contributed by atoms with Gasteiger partial charge in [-0.25, -0.2) is 4.98 Å². The van der Waals surface area contributed by atoms with Gasteiger partial charge in [0.1, 0.15) is 0 Å². The van der Waals surface area contributed by atoms with Gasteiger partial charge < -0.3 is 14.5 Å². The second-order valence-corrected chi connectivity index (χ2v) is 7.25. The molecule has 0 amide bonds. The molecule has 152 valence electrons. The molecule has 0 saturated carbocycles. The van der Waals surface area contributed by atoms with E-state index < -0.39 is 0 Å². The van der Waals surface area contributed by atoms with Crippen molar-refractivity contribution in [3.8, 4) is 11.5 Å². The summed E-state index contributed by atoms with van der Waals surface area (Å²) in [5.74, 6) is 1.61. The van der Waals surface area contributed by atoms with E-state index in [9.17, 15) is 4.79 Å². The quantitative estimate of drug-likeness (QED) is 0.450. The highest BCUT2D eigenvalue weighted by atomic mass is 35.5. The molecule has 1 heterocycles. The molecule has 0 fully saturated rings. The van der Waals surface area contributed by atoms with Crippen molar-refractivity contribution >= 4 is 45.2 Å². The average molecular weight is 433 g/mol. The number of ether oxygens (including phenoxy) is 2. The van der Waals surface area contributed by atoms with E-state index >= 15 is 0 Å². The van der Waals surface area contributed by atoms with E-state index in [0.29, 0.717) is 45.7 Å². The lowest BCUT2D eigenvalue weighted by Gasteiger charge is -2.12. The molecular formula is C22H22Cl2N2O3. The summed E-state index contributed by atoms with van der Waals surface area (Å²) in [7, 11) is 0. The van der Waals surface area contributed by atoms with Crippen LogP contribution in [0.5, 0.6) is 11.5 Å². The van der Waals surface area contributed by atoms with Crippen molar-refractivity contribution in [1.82, 2.24) is 9.97 Å². The van der Waals surface area contributed by atoms with E-state index in [1.807, 2.05) is 25.1 Å². The number of nitrogens with zero attached hydrogens (tertiary/aromatic N) is 1. The number of H-pyrrole nitrogens is 1. The SMILES string of the molecule is CCCCOc1ccc(/C=C(\Cl)c2nc3cc(Cl)ccc3c(=O)[nH]2)cc1OCC. The first-order chi connectivity index (χ1) is 14.0. The Balaban J connectivity index is 1.93. The van der Waals surface area contributed by atoms with Gasteiger partial charge in [-0.3, -0.25) is 4.79 Å². The fourth-order valence-corrected chi connectivity index (χ4v) is 3.15. The Labute approximate surface area is 179 Å². The summed E-state index contributed by atoms with van der Waals surface area (Å²) in [5, 5.41) is 1.25. The van der Waals surface area contributed by atoms with Gasteiger partial charge in [0.25, 0.3) is 5.56 Å². The number of aromatic nitrogens is 2. The number of halogens is 2. The van der Waals surface area contributed by atoms with Crippen molar-refractivity contribution < 1.29 is 9.47 Å². The highest BCUT2D eigenvalue weighted by molar-refractivity contribution is 6.50. The van der Waals surface area contributed by atoms with E-state index in [2.05, 4.69) is 16.9 Å². The van der Waals surface area contributed by atoms with E-state index in [1.54, 1.807) is 24.3 Å². The normalized spacial score (nSPS) is 11.7. The van der Waals surface area contributed by atoms with Crippen LogP contribution in [-0.4, -0.2) is 23.2 Å². The molecule has 0 unspecified atom stereocenters. The molecule has 0 saturated heterocycles. The number of benzene rings is 2. The van der Waals surface area contributed by atoms with Crippen LogP contribution in [0.3, 0.4) is 0 Å². The Kier molecular flexibility index (Phi) is 7.18. The molecule has 0 aliphatic heterocycles. The van der Waals surface area contributed by atoms with Gasteiger partial charge in [0.15, 0.2) is 17.3 Å². The monoisotopic (exact) mass is 432 g/mol. The Bertz CT molecular complexity index is 1090. The first-order valence-electron chi connectivity index (χ1n) is 9.48. The number of aromatic amines is 1. The van der Waals surface area contributed by atoms with Crippen LogP contribution in [0.4, 0.5) is 0 Å². The molecule has 0 bridgehead atoms. The van der Waals surface area contributed by atoms with Gasteiger partial charge in [0, 0.05) is 5.02 Å². The lowest BCUT2D eigenvalue weighted by atomic mass is 10.1. The van der Waals surface area contributed by atoms with Crippen LogP contribution in [0.1, 0.15) is 38.1 Å². The summed E-state index contributed by atoms with van der Waals surface area (Å²) in [6.07, 6.45) is 3.75. The van der Waals surface area contributed by atoms with Gasteiger partial charge >= 0.3 is 0 Å². The van der Waals surface area contributed by atoms with E-state index in [-0.39, 0.29) is 11.4 Å². The van der Waals surface area contributed by atoms with Crippen LogP contribution < -0.4 is 15.0 Å². The molecule has 7 heteroatoms. The number of hydrogen-bond donors (Lipinski definition) is 1. The van der Waals surface area contributed by atoms with Crippen LogP contribution in [0, 0.1) is 0 Å². The number of rotatable bonds is 8. The topological polar surface area (TPSA) is 64.2 Å². The molecule has 5 nitrogen and oxygen atoms in total. The number of nitrogens with one attached hydrogen (secondary N) is 1. The maximum Gasteiger partial charge on any atom is 0.259 e. The van der Waals surface area contributed by atoms with Gasteiger partial charge in [-0.05, 0) is 55.3 Å². The lowest BCUT2D eigenvalue weighted by Crippen LogP contribution is -2.10. The largest absolute Gasteiger partial charge is 0.490 e. The average Bonchev–Trinajstić information content (AvgIpc) is 2.69. The summed E-state index contributed by atoms with van der Waals surface area (Å²) in [4.78, 5) is 19.4. The first kappa shape index (κ1) is 21.2. The van der Waals surface area contributed by atoms with Crippen molar-refractivity contribution in [2.75, 3.05) is 13.2 Å². The van der Waals surface area contributed by atoms with Gasteiger partial charge in [0.2, 0.25) is 0 Å². The molecule has 0 radical (unpaired) electrons. The molecule has 0 aliphatic carbocycles. The summed E-state index contributed by atoms with van der Waals surface area (Å²) in [5.41, 5.74) is 1.01. The molecule has 2 aromatic carbocycles. The maximum absolute atomic E-state index is 12.3. The number of fused-ring (bicyclic) bond motifs is 1. The number of unbranched alkanes of at least 4 members (excludes halogenated alkanes) is 1. The third-order valence-electron chi connectivity index (χ3n) is 4.21. The first-order valence-corrected chi connectivity index (χ1v) is 10.2. The summed E-state index contributed by atoms with van der Waals surface area (Å²) in [6.45, 7) is 5.19. The van der Waals surface area contributed by atoms with Gasteiger partial charge in [-0.2, -0.15) is 0 Å². The smallest absolute Gasteiger partial charge is 0.259 e. The molecule has 29 heavy (non-hydrogen) atoms. The standard InChI is InChI=1S/C22H22Cl2N2O3/c1-3-5-10-29-19-9-6-14(12-20(19)28-4-2)11-17(24)21-25-18-13-15(23)7-8-16(18)22(27)26-21/h6-9,11-13H,3-5,10H2,1-2H3,(H,25,26,27)/b17-11-. The molecule has 0 spiro atoms. The zero-order valence-electron chi connectivity index (χ0n) is 16.3. The van der Waals surface area contributed by atoms with Crippen LogP contribution in [-0.2, 0) is 0 Å². The molecule has 1 aromatic heterocycles. The highest BCUT2D eigenvalue weighted by Gasteiger charge is 2.10. The zero-order valence-corrected chi connectivity index (χ0v) is 17.8. The summed E-state index contributed by atoms with van der Waals surface area (Å²) < 4.78 is 11.5. The molecule has 3 rings (SSSR count). The lowest BCUT2D eigenvalue weighted by molar-refractivity contribution is 0.272. The van der Waals surface area contributed by atoms with E-state index in [1.165, 1.54) is 0 Å². The Morgan fingerprint density at radius 3 is 2.72 bits per heavy atom. The van der Waals surface area contributed by atoms with Gasteiger partial charge in [-0.1, -0.05) is 42.6 Å². The minimum atomic E-state index is -0.275. The summed E-state index contributed by atoms with van der Waals surface area (Å²) >= 11 is 12.5. The van der Waals surface area contributed by atoms with Crippen LogP contribution in [0.25, 0.3) is 22.0 Å². The zero-order chi connectivity index (χ0) is 20.8. The molecule has 1 N–H and O–H groups in total. The Morgan fingerprint density at radius 1 is 1.14 bits per heavy atom. The minimum Gasteiger partial charge on any atom is -0.490 e. The van der Waals surface area contributed by atoms with Crippen LogP contribution >= 0.6 is 23.2 Å². The molecular weight excluding hydrogens is 411 g/mol. The molecule has 3 aromatic rings. The fraction of sp³-hybridized carbons (Fsp3) is 0.273. The maximum atomic E-state index is 12.3. The summed E-state index contributed by atoms with van der Waals surface area (Å²) in [6, 6.07) is 10.5. The number of hydrogen-bond acceptors (Lipinski definition) is 4. The van der Waals surface area contributed by atoms with E-state index in [0.717, 1.165) is 18.4 Å². The van der Waals surface area contributed by atoms with Crippen LogP contribution in [0.2, 0.25) is 5.02 Å². The predicted molar refractivity (Wildman–Crippen MR) is 119 cm³/mol. The second kappa shape index (κ2) is 9.81. The van der Waals surface area contributed by atoms with E-state index in [4.69, 9.17) is 32.7 Å². The van der Waals surface area contributed by atoms with Crippen molar-refractivity contribution in [1.29, 1.82) is 0 Å². The Morgan fingerprint density at radius 2 is 1.97 bits per heavy atom. The molecule has 0 aliphatic rings.